The Kier molecular flexibility index (Phi) is 5.44. The van der Waals surface area contributed by atoms with Crippen LogP contribution in [0.1, 0.15) is 36.0 Å². The van der Waals surface area contributed by atoms with E-state index in [9.17, 15) is 9.59 Å². The molecule has 1 saturated heterocycles. The molecule has 1 unspecified atom stereocenters. The SMILES string of the molecule is Cc1ccc(C2=NOC(CNC(=O)N3CCC(C(=O)O)CC3)C2)cc1C. The fraction of sp³-hybridized carbons (Fsp3) is 0.526. The van der Waals surface area contributed by atoms with Crippen LogP contribution in [0, 0.1) is 19.8 Å². The van der Waals surface area contributed by atoms with Crippen LogP contribution in [0.25, 0.3) is 0 Å². The fourth-order valence-corrected chi connectivity index (χ4v) is 3.27. The molecule has 1 aromatic rings. The first-order valence-corrected chi connectivity index (χ1v) is 9.00. The summed E-state index contributed by atoms with van der Waals surface area (Å²) in [6.45, 7) is 5.47. The summed E-state index contributed by atoms with van der Waals surface area (Å²) in [6.07, 6.45) is 1.49. The predicted molar refractivity (Wildman–Crippen MR) is 97.3 cm³/mol. The highest BCUT2D eigenvalue weighted by atomic mass is 16.6. The van der Waals surface area contributed by atoms with Crippen molar-refractivity contribution in [2.45, 2.75) is 39.2 Å². The Morgan fingerprint density at radius 2 is 2.00 bits per heavy atom. The highest BCUT2D eigenvalue weighted by Crippen LogP contribution is 2.20. The zero-order valence-corrected chi connectivity index (χ0v) is 15.2. The molecule has 1 fully saturated rings. The van der Waals surface area contributed by atoms with E-state index in [1.54, 1.807) is 4.90 Å². The molecule has 0 spiro atoms. The van der Waals surface area contributed by atoms with Crippen LogP contribution in [0.15, 0.2) is 23.4 Å². The molecule has 7 heteroatoms. The maximum atomic E-state index is 12.2. The molecule has 2 heterocycles. The first kappa shape index (κ1) is 18.2. The molecule has 2 amide bonds. The van der Waals surface area contributed by atoms with Crippen LogP contribution in [-0.4, -0.2) is 53.5 Å². The Morgan fingerprint density at radius 1 is 1.27 bits per heavy atom. The summed E-state index contributed by atoms with van der Waals surface area (Å²) in [7, 11) is 0. The van der Waals surface area contributed by atoms with Gasteiger partial charge in [0.1, 0.15) is 0 Å². The molecular formula is C19H25N3O4. The van der Waals surface area contributed by atoms with Gasteiger partial charge in [-0.25, -0.2) is 4.79 Å². The summed E-state index contributed by atoms with van der Waals surface area (Å²) < 4.78 is 0. The van der Waals surface area contributed by atoms with Gasteiger partial charge in [0.25, 0.3) is 0 Å². The Bertz CT molecular complexity index is 723. The van der Waals surface area contributed by atoms with E-state index in [0.29, 0.717) is 38.9 Å². The number of urea groups is 1. The number of hydrogen-bond acceptors (Lipinski definition) is 4. The molecule has 0 aromatic heterocycles. The average molecular weight is 359 g/mol. The smallest absolute Gasteiger partial charge is 0.317 e. The number of carbonyl (C=O) groups is 2. The number of aliphatic carboxylic acids is 1. The summed E-state index contributed by atoms with van der Waals surface area (Å²) in [5.41, 5.74) is 4.41. The Hall–Kier alpha value is -2.57. The van der Waals surface area contributed by atoms with Crippen molar-refractivity contribution in [3.8, 4) is 0 Å². The zero-order valence-electron chi connectivity index (χ0n) is 15.2. The summed E-state index contributed by atoms with van der Waals surface area (Å²) in [5, 5.41) is 16.0. The van der Waals surface area contributed by atoms with Crippen molar-refractivity contribution in [3.05, 3.63) is 34.9 Å². The molecule has 140 valence electrons. The number of carbonyl (C=O) groups excluding carboxylic acids is 1. The van der Waals surface area contributed by atoms with Gasteiger partial charge >= 0.3 is 12.0 Å². The van der Waals surface area contributed by atoms with Crippen LogP contribution in [0.5, 0.6) is 0 Å². The fourth-order valence-electron chi connectivity index (χ4n) is 3.27. The van der Waals surface area contributed by atoms with Gasteiger partial charge in [-0.1, -0.05) is 17.3 Å². The lowest BCUT2D eigenvalue weighted by molar-refractivity contribution is -0.143. The van der Waals surface area contributed by atoms with Gasteiger partial charge in [0.2, 0.25) is 0 Å². The Balaban J connectivity index is 1.44. The molecule has 0 radical (unpaired) electrons. The van der Waals surface area contributed by atoms with Crippen LogP contribution in [-0.2, 0) is 9.63 Å². The van der Waals surface area contributed by atoms with Crippen molar-refractivity contribution < 1.29 is 19.5 Å². The molecule has 0 saturated carbocycles. The van der Waals surface area contributed by atoms with Crippen molar-refractivity contribution in [2.24, 2.45) is 11.1 Å². The van der Waals surface area contributed by atoms with Gasteiger partial charge in [0, 0.05) is 19.5 Å². The zero-order chi connectivity index (χ0) is 18.7. The van der Waals surface area contributed by atoms with E-state index in [1.165, 1.54) is 11.1 Å². The van der Waals surface area contributed by atoms with Crippen molar-refractivity contribution >= 4 is 17.7 Å². The number of carboxylic acid groups (broad SMARTS) is 1. The second-order valence-electron chi connectivity index (χ2n) is 7.05. The minimum absolute atomic E-state index is 0.169. The van der Waals surface area contributed by atoms with E-state index >= 15 is 0 Å². The maximum absolute atomic E-state index is 12.2. The largest absolute Gasteiger partial charge is 0.481 e. The van der Waals surface area contributed by atoms with E-state index in [2.05, 4.69) is 36.5 Å². The van der Waals surface area contributed by atoms with Crippen molar-refractivity contribution in [1.29, 1.82) is 0 Å². The van der Waals surface area contributed by atoms with Gasteiger partial charge < -0.3 is 20.2 Å². The second kappa shape index (κ2) is 7.76. The third-order valence-corrected chi connectivity index (χ3v) is 5.19. The summed E-state index contributed by atoms with van der Waals surface area (Å²) in [4.78, 5) is 30.3. The number of nitrogens with one attached hydrogen (secondary N) is 1. The normalized spacial score (nSPS) is 20.5. The summed E-state index contributed by atoms with van der Waals surface area (Å²) >= 11 is 0. The van der Waals surface area contributed by atoms with E-state index in [4.69, 9.17) is 9.94 Å². The van der Waals surface area contributed by atoms with E-state index in [0.717, 1.165) is 11.3 Å². The van der Waals surface area contributed by atoms with E-state index in [-0.39, 0.29) is 18.1 Å². The lowest BCUT2D eigenvalue weighted by Gasteiger charge is -2.30. The number of hydrogen-bond donors (Lipinski definition) is 2. The Morgan fingerprint density at radius 3 is 2.65 bits per heavy atom. The van der Waals surface area contributed by atoms with E-state index < -0.39 is 5.97 Å². The third-order valence-electron chi connectivity index (χ3n) is 5.19. The van der Waals surface area contributed by atoms with Crippen LogP contribution in [0.2, 0.25) is 0 Å². The molecule has 3 rings (SSSR count). The first-order chi connectivity index (χ1) is 12.4. The number of likely N-dealkylation sites (tertiary alicyclic amines) is 1. The van der Waals surface area contributed by atoms with Gasteiger partial charge in [-0.05, 0) is 49.4 Å². The molecule has 1 aromatic carbocycles. The lowest BCUT2D eigenvalue weighted by atomic mass is 9.97. The first-order valence-electron chi connectivity index (χ1n) is 9.00. The van der Waals surface area contributed by atoms with Crippen LogP contribution < -0.4 is 5.32 Å². The second-order valence-corrected chi connectivity index (χ2v) is 7.05. The van der Waals surface area contributed by atoms with Crippen LogP contribution in [0.4, 0.5) is 4.79 Å². The summed E-state index contributed by atoms with van der Waals surface area (Å²) in [5.74, 6) is -1.12. The average Bonchev–Trinajstić information content (AvgIpc) is 3.11. The summed E-state index contributed by atoms with van der Waals surface area (Å²) in [6, 6.07) is 6.05. The number of oxime groups is 1. The van der Waals surface area contributed by atoms with Crippen molar-refractivity contribution in [3.63, 3.8) is 0 Å². The van der Waals surface area contributed by atoms with Crippen molar-refractivity contribution in [2.75, 3.05) is 19.6 Å². The van der Waals surface area contributed by atoms with Crippen molar-refractivity contribution in [1.82, 2.24) is 10.2 Å². The molecule has 0 bridgehead atoms. The van der Waals surface area contributed by atoms with E-state index in [1.807, 2.05) is 6.07 Å². The third kappa shape index (κ3) is 4.15. The number of benzene rings is 1. The van der Waals surface area contributed by atoms with Crippen LogP contribution >= 0.6 is 0 Å². The minimum Gasteiger partial charge on any atom is -0.481 e. The highest BCUT2D eigenvalue weighted by Gasteiger charge is 2.28. The maximum Gasteiger partial charge on any atom is 0.317 e. The molecule has 2 N–H and O–H groups in total. The predicted octanol–water partition coefficient (Wildman–Crippen LogP) is 2.30. The topological polar surface area (TPSA) is 91.2 Å². The highest BCUT2D eigenvalue weighted by molar-refractivity contribution is 6.01. The molecule has 26 heavy (non-hydrogen) atoms. The number of rotatable bonds is 4. The standard InChI is InChI=1S/C19H25N3O4/c1-12-3-4-15(9-13(12)2)17-10-16(26-21-17)11-20-19(25)22-7-5-14(6-8-22)18(23)24/h3-4,9,14,16H,5-8,10-11H2,1-2H3,(H,20,25)(H,23,24). The molecule has 7 nitrogen and oxygen atoms in total. The van der Waals surface area contributed by atoms with Gasteiger partial charge in [-0.2, -0.15) is 0 Å². The molecule has 0 aliphatic carbocycles. The van der Waals surface area contributed by atoms with Crippen LogP contribution in [0.3, 0.4) is 0 Å². The lowest BCUT2D eigenvalue weighted by Crippen LogP contribution is -2.47. The quantitative estimate of drug-likeness (QED) is 0.863. The molecule has 2 aliphatic rings. The van der Waals surface area contributed by atoms with Gasteiger partial charge in [-0.3, -0.25) is 4.79 Å². The molecular weight excluding hydrogens is 334 g/mol. The number of aryl methyl sites for hydroxylation is 2. The number of piperidine rings is 1. The number of nitrogens with zero attached hydrogens (tertiary/aromatic N) is 2. The minimum atomic E-state index is -0.777. The van der Waals surface area contributed by atoms with Gasteiger partial charge in [0.05, 0.1) is 18.2 Å². The van der Waals surface area contributed by atoms with Gasteiger partial charge in [-0.15, -0.1) is 0 Å². The molecule has 2 aliphatic heterocycles. The number of amides is 2. The molecule has 1 atom stereocenters. The monoisotopic (exact) mass is 359 g/mol. The Labute approximate surface area is 153 Å². The van der Waals surface area contributed by atoms with Gasteiger partial charge in [0.15, 0.2) is 6.10 Å². The number of carboxylic acids is 1.